The lowest BCUT2D eigenvalue weighted by atomic mass is 10.2. The second kappa shape index (κ2) is 6.61. The van der Waals surface area contributed by atoms with Crippen LogP contribution >= 0.6 is 27.5 Å². The summed E-state index contributed by atoms with van der Waals surface area (Å²) < 4.78 is 54.3. The van der Waals surface area contributed by atoms with Crippen LogP contribution in [-0.4, -0.2) is 19.0 Å². The Balaban J connectivity index is 2.35. The Labute approximate surface area is 115 Å². The number of rotatable bonds is 5. The van der Waals surface area contributed by atoms with E-state index in [1.54, 1.807) is 12.1 Å². The predicted molar refractivity (Wildman–Crippen MR) is 64.8 cm³/mol. The smallest absolute Gasteiger partial charge is 0.391 e. The first-order valence-corrected chi connectivity index (χ1v) is 6.23. The molecule has 0 aromatic heterocycles. The average Bonchev–Trinajstić information content (AvgIpc) is 2.20. The number of ether oxygens (including phenoxy) is 1. The zero-order chi connectivity index (χ0) is 13.8. The third kappa shape index (κ3) is 5.91. The fourth-order valence-corrected chi connectivity index (χ4v) is 1.64. The standard InChI is InChI=1S/C11H10BrClF4O/c12-9-2-1-8(5-10(9)13)18-4-3-7(14)6-11(15,16)17/h1-2,5,7H,3-4,6H2. The quantitative estimate of drug-likeness (QED) is 0.667. The summed E-state index contributed by atoms with van der Waals surface area (Å²) in [6, 6.07) is 4.73. The van der Waals surface area contributed by atoms with Crippen molar-refractivity contribution >= 4 is 27.5 Å². The van der Waals surface area contributed by atoms with E-state index in [2.05, 4.69) is 15.9 Å². The van der Waals surface area contributed by atoms with E-state index in [0.717, 1.165) is 0 Å². The minimum atomic E-state index is -4.49. The molecule has 0 radical (unpaired) electrons. The van der Waals surface area contributed by atoms with Crippen LogP contribution < -0.4 is 4.74 Å². The summed E-state index contributed by atoms with van der Waals surface area (Å²) in [5.41, 5.74) is 0. The third-order valence-corrected chi connectivity index (χ3v) is 3.28. The molecule has 7 heteroatoms. The van der Waals surface area contributed by atoms with Crippen molar-refractivity contribution in [1.82, 2.24) is 0 Å². The van der Waals surface area contributed by atoms with Crippen molar-refractivity contribution in [2.24, 2.45) is 0 Å². The fourth-order valence-electron chi connectivity index (χ4n) is 1.22. The highest BCUT2D eigenvalue weighted by Crippen LogP contribution is 2.27. The minimum Gasteiger partial charge on any atom is -0.493 e. The van der Waals surface area contributed by atoms with Crippen LogP contribution in [0, 0.1) is 0 Å². The van der Waals surface area contributed by atoms with Gasteiger partial charge in [0, 0.05) is 10.9 Å². The van der Waals surface area contributed by atoms with Crippen LogP contribution in [0.3, 0.4) is 0 Å². The van der Waals surface area contributed by atoms with E-state index >= 15 is 0 Å². The molecule has 0 saturated carbocycles. The normalized spacial score (nSPS) is 13.4. The van der Waals surface area contributed by atoms with E-state index in [1.165, 1.54) is 6.07 Å². The van der Waals surface area contributed by atoms with Crippen molar-refractivity contribution in [3.05, 3.63) is 27.7 Å². The summed E-state index contributed by atoms with van der Waals surface area (Å²) in [7, 11) is 0. The van der Waals surface area contributed by atoms with Crippen molar-refractivity contribution in [2.45, 2.75) is 25.2 Å². The molecule has 0 heterocycles. The first kappa shape index (κ1) is 15.6. The molecule has 1 atom stereocenters. The van der Waals surface area contributed by atoms with Gasteiger partial charge in [-0.3, -0.25) is 0 Å². The second-order valence-corrected chi connectivity index (χ2v) is 4.89. The van der Waals surface area contributed by atoms with Crippen molar-refractivity contribution in [2.75, 3.05) is 6.61 Å². The molecule has 0 bridgehead atoms. The molecule has 1 rings (SSSR count). The molecule has 1 aromatic rings. The molecular weight excluding hydrogens is 339 g/mol. The van der Waals surface area contributed by atoms with Crippen molar-refractivity contribution in [3.63, 3.8) is 0 Å². The fraction of sp³-hybridized carbons (Fsp3) is 0.455. The molecule has 0 aliphatic carbocycles. The highest BCUT2D eigenvalue weighted by molar-refractivity contribution is 9.10. The van der Waals surface area contributed by atoms with Crippen LogP contribution in [0.1, 0.15) is 12.8 Å². The van der Waals surface area contributed by atoms with Crippen molar-refractivity contribution < 1.29 is 22.3 Å². The summed E-state index contributed by atoms with van der Waals surface area (Å²) in [5.74, 6) is 0.391. The lowest BCUT2D eigenvalue weighted by Crippen LogP contribution is -2.18. The van der Waals surface area contributed by atoms with Gasteiger partial charge >= 0.3 is 6.18 Å². The molecule has 1 unspecified atom stereocenters. The number of alkyl halides is 4. The molecule has 0 fully saturated rings. The van der Waals surface area contributed by atoms with Gasteiger partial charge in [-0.2, -0.15) is 13.2 Å². The molecular formula is C11H10BrClF4O. The summed E-state index contributed by atoms with van der Waals surface area (Å²) in [4.78, 5) is 0. The topological polar surface area (TPSA) is 9.23 Å². The van der Waals surface area contributed by atoms with E-state index in [-0.39, 0.29) is 13.0 Å². The maximum Gasteiger partial charge on any atom is 0.391 e. The zero-order valence-corrected chi connectivity index (χ0v) is 11.4. The van der Waals surface area contributed by atoms with Gasteiger partial charge in [0.25, 0.3) is 0 Å². The maximum atomic E-state index is 12.9. The molecule has 102 valence electrons. The van der Waals surface area contributed by atoms with Crippen LogP contribution in [0.25, 0.3) is 0 Å². The molecule has 1 aromatic carbocycles. The predicted octanol–water partition coefficient (Wildman–Crippen LogP) is 5.16. The summed E-state index contributed by atoms with van der Waals surface area (Å²) in [6.45, 7) is -0.130. The molecule has 0 saturated heterocycles. The van der Waals surface area contributed by atoms with Crippen molar-refractivity contribution in [3.8, 4) is 5.75 Å². The number of hydrogen-bond acceptors (Lipinski definition) is 1. The van der Waals surface area contributed by atoms with Gasteiger partial charge in [0.2, 0.25) is 0 Å². The second-order valence-electron chi connectivity index (χ2n) is 3.63. The largest absolute Gasteiger partial charge is 0.493 e. The van der Waals surface area contributed by atoms with E-state index in [0.29, 0.717) is 15.2 Å². The Morgan fingerprint density at radius 2 is 2.00 bits per heavy atom. The Morgan fingerprint density at radius 3 is 2.56 bits per heavy atom. The minimum absolute atomic E-state index is 0.130. The first-order valence-electron chi connectivity index (χ1n) is 5.06. The molecule has 0 amide bonds. The Kier molecular flexibility index (Phi) is 5.72. The monoisotopic (exact) mass is 348 g/mol. The number of hydrogen-bond donors (Lipinski definition) is 0. The number of halogens is 6. The summed E-state index contributed by atoms with van der Waals surface area (Å²) >= 11 is 8.97. The van der Waals surface area contributed by atoms with E-state index in [1.807, 2.05) is 0 Å². The SMILES string of the molecule is FC(CCOc1ccc(Br)c(Cl)c1)CC(F)(F)F. The zero-order valence-electron chi connectivity index (χ0n) is 9.11. The highest BCUT2D eigenvalue weighted by Gasteiger charge is 2.31. The van der Waals surface area contributed by atoms with Gasteiger partial charge in [0.1, 0.15) is 11.9 Å². The lowest BCUT2D eigenvalue weighted by Gasteiger charge is -2.12. The van der Waals surface area contributed by atoms with Crippen LogP contribution in [0.4, 0.5) is 17.6 Å². The van der Waals surface area contributed by atoms with E-state index < -0.39 is 18.8 Å². The average molecular weight is 350 g/mol. The van der Waals surface area contributed by atoms with Crippen LogP contribution in [0.2, 0.25) is 5.02 Å². The molecule has 1 nitrogen and oxygen atoms in total. The van der Waals surface area contributed by atoms with Gasteiger partial charge in [-0.25, -0.2) is 4.39 Å². The summed E-state index contributed by atoms with van der Waals surface area (Å²) in [5, 5.41) is 0.416. The van der Waals surface area contributed by atoms with E-state index in [9.17, 15) is 17.6 Å². The molecule has 0 aliphatic rings. The molecule has 0 aliphatic heterocycles. The third-order valence-electron chi connectivity index (χ3n) is 2.04. The molecule has 18 heavy (non-hydrogen) atoms. The van der Waals surface area contributed by atoms with Gasteiger partial charge in [0.15, 0.2) is 0 Å². The van der Waals surface area contributed by atoms with Crippen LogP contribution in [-0.2, 0) is 0 Å². The lowest BCUT2D eigenvalue weighted by molar-refractivity contribution is -0.146. The number of benzene rings is 1. The Bertz CT molecular complexity index is 397. The highest BCUT2D eigenvalue weighted by atomic mass is 79.9. The first-order chi connectivity index (χ1) is 8.28. The van der Waals surface area contributed by atoms with Crippen LogP contribution in [0.15, 0.2) is 22.7 Å². The maximum absolute atomic E-state index is 12.9. The van der Waals surface area contributed by atoms with Crippen molar-refractivity contribution in [1.29, 1.82) is 0 Å². The summed E-state index contributed by atoms with van der Waals surface area (Å²) in [6.07, 6.45) is -8.19. The molecule has 0 spiro atoms. The van der Waals surface area contributed by atoms with Gasteiger partial charge in [-0.05, 0) is 34.1 Å². The van der Waals surface area contributed by atoms with Gasteiger partial charge in [0.05, 0.1) is 18.1 Å². The van der Waals surface area contributed by atoms with Crippen LogP contribution in [0.5, 0.6) is 5.75 Å². The Hall–Kier alpha value is -0.490. The Morgan fingerprint density at radius 1 is 1.33 bits per heavy atom. The van der Waals surface area contributed by atoms with Gasteiger partial charge in [-0.15, -0.1) is 0 Å². The van der Waals surface area contributed by atoms with E-state index in [4.69, 9.17) is 16.3 Å². The molecule has 0 N–H and O–H groups in total. The van der Waals surface area contributed by atoms with Gasteiger partial charge in [-0.1, -0.05) is 11.6 Å². The van der Waals surface area contributed by atoms with Gasteiger partial charge < -0.3 is 4.74 Å².